The van der Waals surface area contributed by atoms with Crippen LogP contribution in [0.4, 0.5) is 0 Å². The van der Waals surface area contributed by atoms with Gasteiger partial charge in [-0.25, -0.2) is 8.42 Å². The molecule has 1 N–H and O–H groups in total. The molecule has 0 unspecified atom stereocenters. The molecule has 0 aromatic heterocycles. The lowest BCUT2D eigenvalue weighted by Crippen LogP contribution is -2.40. The Bertz CT molecular complexity index is 849. The van der Waals surface area contributed by atoms with Crippen molar-refractivity contribution < 1.29 is 13.2 Å². The topological polar surface area (TPSA) is 58.6 Å². The lowest BCUT2D eigenvalue weighted by atomic mass is 9.98. The van der Waals surface area contributed by atoms with Gasteiger partial charge >= 0.3 is 0 Å². The summed E-state index contributed by atoms with van der Waals surface area (Å²) in [5.41, 5.74) is 0. The van der Waals surface area contributed by atoms with Gasteiger partial charge in [-0.15, -0.1) is 12.4 Å². The third-order valence-electron chi connectivity index (χ3n) is 5.02. The van der Waals surface area contributed by atoms with E-state index in [1.54, 1.807) is 16.4 Å². The molecule has 0 atom stereocenters. The normalized spacial score (nSPS) is 16.2. The molecule has 1 aliphatic heterocycles. The van der Waals surface area contributed by atoms with Crippen molar-refractivity contribution in [3.63, 3.8) is 0 Å². The Morgan fingerprint density at radius 1 is 1.07 bits per heavy atom. The van der Waals surface area contributed by atoms with Gasteiger partial charge in [-0.2, -0.15) is 4.31 Å². The average molecular weight is 413 g/mol. The Balaban J connectivity index is 0.00000261. The molecule has 1 saturated heterocycles. The Labute approximate surface area is 168 Å². The number of nitrogens with zero attached hydrogens (tertiary/aromatic N) is 1. The van der Waals surface area contributed by atoms with Crippen LogP contribution in [-0.2, 0) is 10.0 Å². The van der Waals surface area contributed by atoms with E-state index in [0.717, 1.165) is 42.5 Å². The largest absolute Gasteiger partial charge is 0.493 e. The zero-order valence-electron chi connectivity index (χ0n) is 16.0. The van der Waals surface area contributed by atoms with E-state index in [1.165, 1.54) is 0 Å². The first kappa shape index (κ1) is 22.0. The minimum Gasteiger partial charge on any atom is -0.493 e. The standard InChI is InChI=1S/C20H28N2O3S.ClH/c1-3-21-15-16-11-13-22(14-12-16)26(23,24)20-10-9-19(25-4-2)17-7-5-6-8-18(17)20;/h5-10,16,21H,3-4,11-15H2,1-2H3;1H. The molecule has 0 aliphatic carbocycles. The molecule has 0 bridgehead atoms. The van der Waals surface area contributed by atoms with E-state index in [4.69, 9.17) is 4.74 Å². The fraction of sp³-hybridized carbons (Fsp3) is 0.500. The summed E-state index contributed by atoms with van der Waals surface area (Å²) in [6, 6.07) is 11.0. The molecule has 0 radical (unpaired) electrons. The molecule has 2 aromatic carbocycles. The van der Waals surface area contributed by atoms with Crippen molar-refractivity contribution in [2.24, 2.45) is 5.92 Å². The van der Waals surface area contributed by atoms with Gasteiger partial charge in [0.15, 0.2) is 0 Å². The molecule has 150 valence electrons. The van der Waals surface area contributed by atoms with E-state index in [9.17, 15) is 8.42 Å². The molecule has 27 heavy (non-hydrogen) atoms. The minimum atomic E-state index is -3.51. The maximum atomic E-state index is 13.3. The lowest BCUT2D eigenvalue weighted by Gasteiger charge is -2.31. The van der Waals surface area contributed by atoms with Crippen molar-refractivity contribution in [3.05, 3.63) is 36.4 Å². The molecule has 0 spiro atoms. The predicted octanol–water partition coefficient (Wildman–Crippen LogP) is 3.67. The zero-order valence-corrected chi connectivity index (χ0v) is 17.6. The Morgan fingerprint density at radius 2 is 1.74 bits per heavy atom. The number of sulfonamides is 1. The first-order valence-corrected chi connectivity index (χ1v) is 10.9. The summed E-state index contributed by atoms with van der Waals surface area (Å²) < 4.78 is 33.8. The van der Waals surface area contributed by atoms with Gasteiger partial charge in [0.25, 0.3) is 0 Å². The number of piperidine rings is 1. The fourth-order valence-corrected chi connectivity index (χ4v) is 5.26. The van der Waals surface area contributed by atoms with Crippen LogP contribution in [0.5, 0.6) is 5.75 Å². The number of benzene rings is 2. The molecule has 5 nitrogen and oxygen atoms in total. The van der Waals surface area contributed by atoms with E-state index in [0.29, 0.717) is 30.5 Å². The molecular formula is C20H29ClN2O3S. The van der Waals surface area contributed by atoms with Crippen LogP contribution >= 0.6 is 12.4 Å². The van der Waals surface area contributed by atoms with E-state index < -0.39 is 10.0 Å². The summed E-state index contributed by atoms with van der Waals surface area (Å²) in [5, 5.41) is 4.94. The van der Waals surface area contributed by atoms with Crippen LogP contribution in [0.3, 0.4) is 0 Å². The van der Waals surface area contributed by atoms with Crippen LogP contribution in [0.2, 0.25) is 0 Å². The van der Waals surface area contributed by atoms with Crippen molar-refractivity contribution >= 4 is 33.2 Å². The average Bonchev–Trinajstić information content (AvgIpc) is 2.67. The van der Waals surface area contributed by atoms with E-state index in [1.807, 2.05) is 31.2 Å². The lowest BCUT2D eigenvalue weighted by molar-refractivity contribution is 0.268. The number of hydrogen-bond acceptors (Lipinski definition) is 4. The van der Waals surface area contributed by atoms with Crippen molar-refractivity contribution in [3.8, 4) is 5.75 Å². The quantitative estimate of drug-likeness (QED) is 0.753. The van der Waals surface area contributed by atoms with E-state index in [2.05, 4.69) is 12.2 Å². The summed E-state index contributed by atoms with van der Waals surface area (Å²) >= 11 is 0. The van der Waals surface area contributed by atoms with Gasteiger partial charge in [-0.3, -0.25) is 0 Å². The first-order valence-electron chi connectivity index (χ1n) is 9.43. The maximum absolute atomic E-state index is 13.3. The van der Waals surface area contributed by atoms with E-state index in [-0.39, 0.29) is 12.4 Å². The molecule has 1 heterocycles. The Morgan fingerprint density at radius 3 is 2.37 bits per heavy atom. The van der Waals surface area contributed by atoms with Gasteiger partial charge < -0.3 is 10.1 Å². The minimum absolute atomic E-state index is 0. The van der Waals surface area contributed by atoms with Crippen LogP contribution in [0.15, 0.2) is 41.3 Å². The summed E-state index contributed by atoms with van der Waals surface area (Å²) in [6.45, 7) is 7.66. The van der Waals surface area contributed by atoms with E-state index >= 15 is 0 Å². The summed E-state index contributed by atoms with van der Waals surface area (Å²) in [5.74, 6) is 1.28. The van der Waals surface area contributed by atoms with Gasteiger partial charge in [0, 0.05) is 23.9 Å². The third kappa shape index (κ3) is 4.74. The molecule has 2 aromatic rings. The van der Waals surface area contributed by atoms with Crippen molar-refractivity contribution in [1.29, 1.82) is 0 Å². The highest BCUT2D eigenvalue weighted by atomic mass is 35.5. The molecule has 1 aliphatic rings. The van der Waals surface area contributed by atoms with Crippen LogP contribution in [0.1, 0.15) is 26.7 Å². The van der Waals surface area contributed by atoms with Gasteiger partial charge in [-0.1, -0.05) is 31.2 Å². The predicted molar refractivity (Wildman–Crippen MR) is 112 cm³/mol. The highest BCUT2D eigenvalue weighted by Crippen LogP contribution is 2.33. The SMILES string of the molecule is CCNCC1CCN(S(=O)(=O)c2ccc(OCC)c3ccccc23)CC1.Cl. The van der Waals surface area contributed by atoms with Crippen LogP contribution < -0.4 is 10.1 Å². The molecule has 3 rings (SSSR count). The number of rotatable bonds is 7. The number of halogens is 1. The number of fused-ring (bicyclic) bond motifs is 1. The molecule has 1 fully saturated rings. The number of ether oxygens (including phenoxy) is 1. The van der Waals surface area contributed by atoms with Crippen LogP contribution in [-0.4, -0.2) is 45.5 Å². The second-order valence-electron chi connectivity index (χ2n) is 6.70. The zero-order chi connectivity index (χ0) is 18.6. The second-order valence-corrected chi connectivity index (χ2v) is 8.60. The summed E-state index contributed by atoms with van der Waals surface area (Å²) in [4.78, 5) is 0.377. The third-order valence-corrected chi connectivity index (χ3v) is 6.98. The summed E-state index contributed by atoms with van der Waals surface area (Å²) in [6.07, 6.45) is 1.81. The van der Waals surface area contributed by atoms with Crippen LogP contribution in [0.25, 0.3) is 10.8 Å². The van der Waals surface area contributed by atoms with Crippen LogP contribution in [0, 0.1) is 5.92 Å². The monoisotopic (exact) mass is 412 g/mol. The van der Waals surface area contributed by atoms with Gasteiger partial charge in [-0.05, 0) is 50.9 Å². The second kappa shape index (κ2) is 9.73. The van der Waals surface area contributed by atoms with Gasteiger partial charge in [0.2, 0.25) is 10.0 Å². The smallest absolute Gasteiger partial charge is 0.243 e. The number of hydrogen-bond donors (Lipinski definition) is 1. The van der Waals surface area contributed by atoms with Gasteiger partial charge in [0.1, 0.15) is 5.75 Å². The Kier molecular flexibility index (Phi) is 7.91. The molecule has 0 amide bonds. The maximum Gasteiger partial charge on any atom is 0.243 e. The molecular weight excluding hydrogens is 384 g/mol. The van der Waals surface area contributed by atoms with Crippen molar-refractivity contribution in [1.82, 2.24) is 9.62 Å². The van der Waals surface area contributed by atoms with Crippen molar-refractivity contribution in [2.45, 2.75) is 31.6 Å². The van der Waals surface area contributed by atoms with Crippen molar-refractivity contribution in [2.75, 3.05) is 32.8 Å². The molecule has 7 heteroatoms. The Hall–Kier alpha value is -1.34. The summed E-state index contributed by atoms with van der Waals surface area (Å²) in [7, 11) is -3.51. The first-order chi connectivity index (χ1) is 12.6. The molecule has 0 saturated carbocycles. The number of nitrogens with one attached hydrogen (secondary N) is 1. The highest BCUT2D eigenvalue weighted by molar-refractivity contribution is 7.89. The van der Waals surface area contributed by atoms with Gasteiger partial charge in [0.05, 0.1) is 11.5 Å². The fourth-order valence-electron chi connectivity index (χ4n) is 3.59. The highest BCUT2D eigenvalue weighted by Gasteiger charge is 2.30.